The molecular weight excluding hydrogens is 517 g/mol. The first-order chi connectivity index (χ1) is 20.1. The number of nitrogens with zero attached hydrogens (tertiary/aromatic N) is 3. The molecule has 7 rings (SSSR count). The summed E-state index contributed by atoms with van der Waals surface area (Å²) in [5.74, 6) is 0.156. The van der Waals surface area contributed by atoms with Crippen LogP contribution in [0.3, 0.4) is 0 Å². The molecule has 0 unspecified atom stereocenters. The second-order valence-corrected chi connectivity index (χ2v) is 10.5. The van der Waals surface area contributed by atoms with Crippen LogP contribution in [0.5, 0.6) is 0 Å². The van der Waals surface area contributed by atoms with Crippen LogP contribution in [0.4, 0.5) is 10.1 Å². The first-order valence-corrected chi connectivity index (χ1v) is 13.8. The number of anilines is 1. The Morgan fingerprint density at radius 1 is 0.951 bits per heavy atom. The fourth-order valence-electron chi connectivity index (χ4n) is 5.62. The number of rotatable bonds is 6. The summed E-state index contributed by atoms with van der Waals surface area (Å²) in [5.41, 5.74) is 8.11. The molecular formula is C32H28FN7O. The lowest BCUT2D eigenvalue weighted by molar-refractivity contribution is -0.117. The molecule has 1 amide bonds. The number of H-pyrrole nitrogens is 2. The van der Waals surface area contributed by atoms with Gasteiger partial charge in [0.1, 0.15) is 17.0 Å². The summed E-state index contributed by atoms with van der Waals surface area (Å²) < 4.78 is 13.5. The highest BCUT2D eigenvalue weighted by Crippen LogP contribution is 2.34. The zero-order chi connectivity index (χ0) is 27.8. The van der Waals surface area contributed by atoms with Crippen molar-refractivity contribution in [3.8, 4) is 33.8 Å². The molecule has 0 saturated carbocycles. The maximum Gasteiger partial charge on any atom is 0.224 e. The van der Waals surface area contributed by atoms with Gasteiger partial charge in [0.2, 0.25) is 5.91 Å². The maximum absolute atomic E-state index is 13.5. The first kappa shape index (κ1) is 25.1. The number of aromatic nitrogens is 5. The second-order valence-electron chi connectivity index (χ2n) is 10.5. The van der Waals surface area contributed by atoms with E-state index in [1.54, 1.807) is 24.5 Å². The Bertz CT molecular complexity index is 1870. The van der Waals surface area contributed by atoms with Gasteiger partial charge in [-0.1, -0.05) is 24.3 Å². The Morgan fingerprint density at radius 3 is 2.66 bits per heavy atom. The lowest BCUT2D eigenvalue weighted by Crippen LogP contribution is -2.30. The average Bonchev–Trinajstić information content (AvgIpc) is 3.62. The van der Waals surface area contributed by atoms with Crippen molar-refractivity contribution >= 4 is 33.5 Å². The van der Waals surface area contributed by atoms with Crippen molar-refractivity contribution in [2.75, 3.05) is 18.4 Å². The topological polar surface area (TPSA) is 111 Å². The first-order valence-electron chi connectivity index (χ1n) is 13.8. The Kier molecular flexibility index (Phi) is 6.48. The molecule has 1 fully saturated rings. The number of nitrogens with one attached hydrogen (secondary N) is 4. The minimum atomic E-state index is -0.263. The third kappa shape index (κ3) is 5.07. The summed E-state index contributed by atoms with van der Waals surface area (Å²) in [5, 5.41) is 15.0. The van der Waals surface area contributed by atoms with Gasteiger partial charge in [-0.3, -0.25) is 14.9 Å². The number of hydrogen-bond donors (Lipinski definition) is 4. The predicted molar refractivity (Wildman–Crippen MR) is 159 cm³/mol. The number of carbonyl (C=O) groups excluding carboxylic acids is 1. The summed E-state index contributed by atoms with van der Waals surface area (Å²) in [6.07, 6.45) is 5.96. The van der Waals surface area contributed by atoms with E-state index in [-0.39, 0.29) is 11.7 Å². The quantitative estimate of drug-likeness (QED) is 0.196. The molecule has 1 saturated heterocycles. The molecule has 41 heavy (non-hydrogen) atoms. The number of hydrogen-bond acceptors (Lipinski definition) is 5. The van der Waals surface area contributed by atoms with Gasteiger partial charge >= 0.3 is 0 Å². The maximum atomic E-state index is 13.5. The van der Waals surface area contributed by atoms with Gasteiger partial charge in [-0.05, 0) is 85.4 Å². The average molecular weight is 546 g/mol. The molecule has 6 aromatic rings. The van der Waals surface area contributed by atoms with Crippen molar-refractivity contribution in [3.05, 3.63) is 84.9 Å². The van der Waals surface area contributed by atoms with Gasteiger partial charge in [-0.25, -0.2) is 9.37 Å². The Balaban J connectivity index is 1.19. The van der Waals surface area contributed by atoms with E-state index in [2.05, 4.69) is 36.9 Å². The van der Waals surface area contributed by atoms with Crippen molar-refractivity contribution in [2.24, 2.45) is 5.92 Å². The molecule has 0 radical (unpaired) electrons. The summed E-state index contributed by atoms with van der Waals surface area (Å²) in [6, 6.07) is 20.3. The molecule has 2 aromatic carbocycles. The van der Waals surface area contributed by atoms with E-state index in [1.165, 1.54) is 12.1 Å². The lowest BCUT2D eigenvalue weighted by Gasteiger charge is -2.21. The van der Waals surface area contributed by atoms with Crippen molar-refractivity contribution < 1.29 is 9.18 Å². The molecule has 5 heterocycles. The largest absolute Gasteiger partial charge is 0.353 e. The molecule has 1 aliphatic heterocycles. The van der Waals surface area contributed by atoms with Gasteiger partial charge in [0, 0.05) is 29.1 Å². The second kappa shape index (κ2) is 10.6. The highest BCUT2D eigenvalue weighted by Gasteiger charge is 2.18. The molecule has 1 aliphatic rings. The number of amides is 1. The Labute approximate surface area is 235 Å². The summed E-state index contributed by atoms with van der Waals surface area (Å²) >= 11 is 0. The fraction of sp³-hybridized carbons (Fsp3) is 0.188. The van der Waals surface area contributed by atoms with Crippen LogP contribution in [-0.4, -0.2) is 44.1 Å². The highest BCUT2D eigenvalue weighted by molar-refractivity contribution is 6.00. The molecule has 0 spiro atoms. The van der Waals surface area contributed by atoms with Crippen LogP contribution in [0.2, 0.25) is 0 Å². The summed E-state index contributed by atoms with van der Waals surface area (Å²) in [4.78, 5) is 25.4. The number of aromatic amines is 2. The van der Waals surface area contributed by atoms with Crippen LogP contribution in [0.25, 0.3) is 55.7 Å². The van der Waals surface area contributed by atoms with Crippen LogP contribution in [-0.2, 0) is 4.79 Å². The van der Waals surface area contributed by atoms with E-state index in [4.69, 9.17) is 4.98 Å². The fourth-order valence-corrected chi connectivity index (χ4v) is 5.62. The van der Waals surface area contributed by atoms with Crippen molar-refractivity contribution in [3.63, 3.8) is 0 Å². The Morgan fingerprint density at radius 2 is 1.80 bits per heavy atom. The van der Waals surface area contributed by atoms with E-state index in [1.807, 2.05) is 36.4 Å². The minimum Gasteiger partial charge on any atom is -0.353 e. The molecule has 4 aromatic heterocycles. The van der Waals surface area contributed by atoms with E-state index in [0.717, 1.165) is 75.9 Å². The number of carbonyl (C=O) groups is 1. The van der Waals surface area contributed by atoms with Crippen LogP contribution in [0, 0.1) is 11.7 Å². The van der Waals surface area contributed by atoms with Gasteiger partial charge in [-0.15, -0.1) is 0 Å². The summed E-state index contributed by atoms with van der Waals surface area (Å²) in [6.45, 7) is 1.93. The number of halogens is 1. The standard InChI is InChI=1S/C32H28FN7O/c33-22-6-4-20(5-7-22)24-2-1-3-27-25(24)16-29(37-27)32-31-28(39-40-32)9-8-26(38-31)21-15-23(18-35-17-21)36-30(41)14-19-10-12-34-13-11-19/h1-9,15-19,34,37H,10-14H2,(H,36,41)(H,39,40). The zero-order valence-electron chi connectivity index (χ0n) is 22.2. The van der Waals surface area contributed by atoms with Crippen LogP contribution in [0.1, 0.15) is 19.3 Å². The van der Waals surface area contributed by atoms with E-state index >= 15 is 0 Å². The van der Waals surface area contributed by atoms with Gasteiger partial charge in [-0.2, -0.15) is 5.10 Å². The molecule has 0 aliphatic carbocycles. The zero-order valence-corrected chi connectivity index (χ0v) is 22.2. The predicted octanol–water partition coefficient (Wildman–Crippen LogP) is 6.30. The normalized spacial score (nSPS) is 14.1. The van der Waals surface area contributed by atoms with Crippen LogP contribution in [0.15, 0.2) is 79.1 Å². The molecule has 0 atom stereocenters. The molecule has 0 bridgehead atoms. The van der Waals surface area contributed by atoms with E-state index < -0.39 is 0 Å². The van der Waals surface area contributed by atoms with Gasteiger partial charge in [0.25, 0.3) is 0 Å². The SMILES string of the molecule is O=C(CC1CCNCC1)Nc1cncc(-c2ccc3[nH]nc(-c4cc5c(-c6ccc(F)cc6)cccc5[nH]4)c3n2)c1. The van der Waals surface area contributed by atoms with Crippen LogP contribution < -0.4 is 10.6 Å². The number of benzene rings is 2. The van der Waals surface area contributed by atoms with Gasteiger partial charge in [0.05, 0.1) is 28.8 Å². The minimum absolute atomic E-state index is 0.00944. The number of piperidine rings is 1. The monoisotopic (exact) mass is 545 g/mol. The molecule has 8 nitrogen and oxygen atoms in total. The number of fused-ring (bicyclic) bond motifs is 2. The van der Waals surface area contributed by atoms with Gasteiger partial charge in [0.15, 0.2) is 0 Å². The van der Waals surface area contributed by atoms with Crippen molar-refractivity contribution in [1.29, 1.82) is 0 Å². The molecule has 9 heteroatoms. The van der Waals surface area contributed by atoms with Crippen molar-refractivity contribution in [2.45, 2.75) is 19.3 Å². The van der Waals surface area contributed by atoms with E-state index in [0.29, 0.717) is 23.7 Å². The third-order valence-corrected chi connectivity index (χ3v) is 7.73. The highest BCUT2D eigenvalue weighted by atomic mass is 19.1. The molecule has 204 valence electrons. The number of pyridine rings is 2. The lowest BCUT2D eigenvalue weighted by atomic mass is 9.94. The Hall–Kier alpha value is -4.89. The van der Waals surface area contributed by atoms with E-state index in [9.17, 15) is 9.18 Å². The van der Waals surface area contributed by atoms with Crippen LogP contribution >= 0.6 is 0 Å². The summed E-state index contributed by atoms with van der Waals surface area (Å²) in [7, 11) is 0. The smallest absolute Gasteiger partial charge is 0.224 e. The molecule has 4 N–H and O–H groups in total. The van der Waals surface area contributed by atoms with Crippen molar-refractivity contribution in [1.82, 2.24) is 30.5 Å². The van der Waals surface area contributed by atoms with Gasteiger partial charge < -0.3 is 15.6 Å². The third-order valence-electron chi connectivity index (χ3n) is 7.73.